The fraction of sp³-hybridized carbons (Fsp3) is 0.565. The van der Waals surface area contributed by atoms with Crippen LogP contribution in [0.3, 0.4) is 0 Å². The minimum Gasteiger partial charge on any atom is -0.494 e. The van der Waals surface area contributed by atoms with E-state index >= 15 is 0 Å². The summed E-state index contributed by atoms with van der Waals surface area (Å²) >= 11 is 0. The van der Waals surface area contributed by atoms with Crippen LogP contribution in [0.2, 0.25) is 0 Å². The van der Waals surface area contributed by atoms with E-state index in [1.165, 1.54) is 24.3 Å². The Kier molecular flexibility index (Phi) is 13.9. The smallest absolute Gasteiger partial charge is 0.335 e. The van der Waals surface area contributed by atoms with Crippen molar-refractivity contribution < 1.29 is 58.5 Å². The molecule has 2 aromatic rings. The molecule has 0 aliphatic carbocycles. The molecule has 2 rings (SSSR count). The topological polar surface area (TPSA) is 180 Å². The van der Waals surface area contributed by atoms with Crippen LogP contribution in [0.15, 0.2) is 24.3 Å². The molecule has 0 unspecified atom stereocenters. The third-order valence-corrected chi connectivity index (χ3v) is 4.72. The molecule has 0 atom stereocenters. The molecule has 0 saturated heterocycles. The van der Waals surface area contributed by atoms with Gasteiger partial charge in [-0.2, -0.15) is 0 Å². The van der Waals surface area contributed by atoms with E-state index in [4.69, 9.17) is 28.5 Å². The van der Waals surface area contributed by atoms with Crippen molar-refractivity contribution in [2.45, 2.75) is 19.4 Å². The lowest BCUT2D eigenvalue weighted by Crippen LogP contribution is -2.20. The molecule has 14 heteroatoms. The number of Topliss-reactive ketones (excluding diaryl/α,β-unsaturated/α-hetero) is 1. The van der Waals surface area contributed by atoms with Crippen molar-refractivity contribution in [1.29, 1.82) is 0 Å². The first-order chi connectivity index (χ1) is 17.9. The Morgan fingerprint density at radius 2 is 0.946 bits per heavy atom. The molecule has 2 heterocycles. The number of nitrogens with zero attached hydrogens (tertiary/aromatic N) is 2. The summed E-state index contributed by atoms with van der Waals surface area (Å²) in [5, 5.41) is 37.8. The van der Waals surface area contributed by atoms with Crippen molar-refractivity contribution in [3.05, 3.63) is 24.3 Å². The van der Waals surface area contributed by atoms with Gasteiger partial charge in [0.1, 0.15) is 0 Å². The van der Waals surface area contributed by atoms with Crippen LogP contribution >= 0.6 is 0 Å². The summed E-state index contributed by atoms with van der Waals surface area (Å²) in [6.07, 6.45) is 0.0946. The first-order valence-corrected chi connectivity index (χ1v) is 11.7. The quantitative estimate of drug-likeness (QED) is 0.161. The molecule has 0 saturated carbocycles. The molecule has 0 bridgehead atoms. The largest absolute Gasteiger partial charge is 0.494 e. The number of ketones is 1. The van der Waals surface area contributed by atoms with Gasteiger partial charge in [0.15, 0.2) is 17.5 Å². The van der Waals surface area contributed by atoms with Crippen LogP contribution < -0.4 is 4.84 Å². The summed E-state index contributed by atoms with van der Waals surface area (Å²) in [6.45, 7) is 2.99. The van der Waals surface area contributed by atoms with E-state index in [0.29, 0.717) is 51.0 Å². The molecule has 0 spiro atoms. The van der Waals surface area contributed by atoms with Crippen molar-refractivity contribution in [3.63, 3.8) is 0 Å². The van der Waals surface area contributed by atoms with E-state index in [0.717, 1.165) is 4.57 Å². The Labute approximate surface area is 213 Å². The SMILES string of the molecule is O=C(CCOCCOCCOCCOCCOCCC(=O)On1c(O)ccc1O)Cn1c(O)ccc1O. The highest BCUT2D eigenvalue weighted by Crippen LogP contribution is 2.21. The van der Waals surface area contributed by atoms with E-state index in [1.807, 2.05) is 0 Å². The number of aromatic nitrogens is 2. The van der Waals surface area contributed by atoms with E-state index in [-0.39, 0.29) is 68.5 Å². The maximum absolute atomic E-state index is 11.8. The van der Waals surface area contributed by atoms with Gasteiger partial charge in [-0.1, -0.05) is 0 Å². The third kappa shape index (κ3) is 12.0. The molecule has 208 valence electrons. The highest BCUT2D eigenvalue weighted by molar-refractivity contribution is 5.78. The van der Waals surface area contributed by atoms with Crippen molar-refractivity contribution in [3.8, 4) is 23.5 Å². The lowest BCUT2D eigenvalue weighted by atomic mass is 10.3. The van der Waals surface area contributed by atoms with Crippen LogP contribution in [0.25, 0.3) is 0 Å². The first-order valence-electron chi connectivity index (χ1n) is 11.7. The molecular formula is C23H34N2O12. The van der Waals surface area contributed by atoms with Crippen LogP contribution in [0.5, 0.6) is 23.5 Å². The van der Waals surface area contributed by atoms with Gasteiger partial charge in [0, 0.05) is 30.7 Å². The Morgan fingerprint density at radius 3 is 1.41 bits per heavy atom. The zero-order valence-electron chi connectivity index (χ0n) is 20.5. The number of hydrogen-bond acceptors (Lipinski definition) is 12. The Balaban J connectivity index is 1.29. The number of carbonyl (C=O) groups is 2. The zero-order chi connectivity index (χ0) is 26.9. The predicted octanol–water partition coefficient (Wildman–Crippen LogP) is 0.200. The summed E-state index contributed by atoms with van der Waals surface area (Å²) in [5.74, 6) is -1.97. The molecular weight excluding hydrogens is 496 g/mol. The van der Waals surface area contributed by atoms with E-state index in [2.05, 4.69) is 0 Å². The summed E-state index contributed by atoms with van der Waals surface area (Å²) in [6, 6.07) is 5.00. The molecule has 0 aliphatic heterocycles. The molecule has 14 nitrogen and oxygen atoms in total. The van der Waals surface area contributed by atoms with Crippen LogP contribution in [0.1, 0.15) is 12.8 Å². The summed E-state index contributed by atoms with van der Waals surface area (Å²) < 4.78 is 28.4. The van der Waals surface area contributed by atoms with Crippen LogP contribution in [0, 0.1) is 0 Å². The number of carbonyl (C=O) groups excluding carboxylic acids is 2. The molecule has 0 amide bonds. The first kappa shape index (κ1) is 29.9. The van der Waals surface area contributed by atoms with Crippen LogP contribution in [-0.2, 0) is 39.8 Å². The Hall–Kier alpha value is -3.30. The Bertz CT molecular complexity index is 829. The Morgan fingerprint density at radius 1 is 0.568 bits per heavy atom. The van der Waals surface area contributed by atoms with Crippen LogP contribution in [-0.4, -0.2) is 108 Å². The van der Waals surface area contributed by atoms with Gasteiger partial charge in [-0.15, -0.1) is 4.73 Å². The minimum atomic E-state index is -0.674. The maximum Gasteiger partial charge on any atom is 0.335 e. The normalized spacial score (nSPS) is 11.1. The number of rotatable bonds is 21. The van der Waals surface area contributed by atoms with Gasteiger partial charge in [-0.25, -0.2) is 4.79 Å². The van der Waals surface area contributed by atoms with Gasteiger partial charge in [-0.05, 0) is 0 Å². The zero-order valence-corrected chi connectivity index (χ0v) is 20.5. The predicted molar refractivity (Wildman–Crippen MR) is 125 cm³/mol. The molecule has 37 heavy (non-hydrogen) atoms. The van der Waals surface area contributed by atoms with Crippen molar-refractivity contribution in [2.24, 2.45) is 0 Å². The molecule has 0 aliphatic rings. The lowest BCUT2D eigenvalue weighted by molar-refractivity contribution is -0.146. The second-order valence-electron chi connectivity index (χ2n) is 7.54. The van der Waals surface area contributed by atoms with Gasteiger partial charge in [0.05, 0.1) is 79.0 Å². The molecule has 2 aromatic heterocycles. The fourth-order valence-corrected chi connectivity index (χ4v) is 2.83. The van der Waals surface area contributed by atoms with Crippen molar-refractivity contribution >= 4 is 11.8 Å². The minimum absolute atomic E-state index is 0.0610. The van der Waals surface area contributed by atoms with Crippen molar-refractivity contribution in [1.82, 2.24) is 9.30 Å². The lowest BCUT2D eigenvalue weighted by Gasteiger charge is -2.09. The summed E-state index contributed by atoms with van der Waals surface area (Å²) in [4.78, 5) is 28.2. The monoisotopic (exact) mass is 530 g/mol. The van der Waals surface area contributed by atoms with Gasteiger partial charge in [-0.3, -0.25) is 9.36 Å². The van der Waals surface area contributed by atoms with Gasteiger partial charge in [0.25, 0.3) is 0 Å². The average molecular weight is 531 g/mol. The average Bonchev–Trinajstić information content (AvgIpc) is 3.36. The molecule has 0 fully saturated rings. The molecule has 4 N–H and O–H groups in total. The van der Waals surface area contributed by atoms with E-state index in [1.54, 1.807) is 0 Å². The number of hydrogen-bond donors (Lipinski definition) is 4. The summed E-state index contributed by atoms with van der Waals surface area (Å²) in [7, 11) is 0. The van der Waals surface area contributed by atoms with Crippen molar-refractivity contribution in [2.75, 3.05) is 66.1 Å². The van der Waals surface area contributed by atoms with Gasteiger partial charge < -0.3 is 48.9 Å². The number of ether oxygens (including phenoxy) is 5. The van der Waals surface area contributed by atoms with Gasteiger partial charge >= 0.3 is 5.97 Å². The molecule has 0 aromatic carbocycles. The standard InChI is InChI=1S/C23H34N2O12/c26-18(17-24-19(27)1-2-20(24)28)5-7-32-9-11-34-13-15-36-16-14-35-12-10-33-8-6-23(31)37-25-21(29)3-4-22(25)30/h1-4,27-30H,5-17H2. The van der Waals surface area contributed by atoms with Gasteiger partial charge in [0.2, 0.25) is 11.8 Å². The maximum atomic E-state index is 11.8. The second kappa shape index (κ2) is 17.2. The summed E-state index contributed by atoms with van der Waals surface area (Å²) in [5.41, 5.74) is 0. The van der Waals surface area contributed by atoms with Crippen LogP contribution in [0.4, 0.5) is 0 Å². The highest BCUT2D eigenvalue weighted by atomic mass is 16.7. The fourth-order valence-electron chi connectivity index (χ4n) is 2.83. The van der Waals surface area contributed by atoms with E-state index < -0.39 is 5.97 Å². The number of aromatic hydroxyl groups is 4. The highest BCUT2D eigenvalue weighted by Gasteiger charge is 2.12. The third-order valence-electron chi connectivity index (χ3n) is 4.72. The van der Waals surface area contributed by atoms with E-state index in [9.17, 15) is 30.0 Å². The molecule has 0 radical (unpaired) electrons. The second-order valence-corrected chi connectivity index (χ2v) is 7.54.